The Morgan fingerprint density at radius 1 is 1.33 bits per heavy atom. The Hall–Kier alpha value is -1.06. The van der Waals surface area contributed by atoms with Crippen LogP contribution in [-0.4, -0.2) is 17.0 Å². The molecule has 3 N–H and O–H groups in total. The Morgan fingerprint density at radius 2 is 1.80 bits per heavy atom. The monoisotopic (exact) mass is 215 g/mol. The van der Waals surface area contributed by atoms with Gasteiger partial charge in [-0.05, 0) is 25.2 Å². The number of carboxylic acid groups (broad SMARTS) is 1. The first-order chi connectivity index (χ1) is 6.23. The summed E-state index contributed by atoms with van der Waals surface area (Å²) in [5, 5.41) is 9.16. The van der Waals surface area contributed by atoms with E-state index in [1.807, 2.05) is 13.8 Å². The highest BCUT2D eigenvalue weighted by atomic mass is 16.4. The number of primary amides is 1. The summed E-state index contributed by atoms with van der Waals surface area (Å²) < 4.78 is 0. The van der Waals surface area contributed by atoms with Gasteiger partial charge in [-0.1, -0.05) is 21.3 Å². The zero-order valence-electron chi connectivity index (χ0n) is 8.83. The third-order valence-electron chi connectivity index (χ3n) is 4.04. The van der Waals surface area contributed by atoms with E-state index in [0.717, 1.165) is 0 Å². The first kappa shape index (κ1) is 13.9. The molecule has 0 aromatic rings. The van der Waals surface area contributed by atoms with Crippen molar-refractivity contribution in [1.82, 2.24) is 0 Å². The van der Waals surface area contributed by atoms with Crippen LogP contribution in [0.4, 0.5) is 0 Å². The standard InChI is InChI=1S/C10H17NO3.CH4/c1-9(2)6(7(11)12)4-5-10(9,3)8(13)14;/h6H,4-5H2,1-3H3,(H2,11,12)(H,13,14);1H4/t6-,10+;/m1./s1. The molecule has 1 amide bonds. The third-order valence-corrected chi connectivity index (χ3v) is 4.04. The maximum atomic E-state index is 11.2. The number of carboxylic acids is 1. The molecule has 1 rings (SSSR count). The van der Waals surface area contributed by atoms with Crippen molar-refractivity contribution in [3.63, 3.8) is 0 Å². The number of carbonyl (C=O) groups excluding carboxylic acids is 1. The summed E-state index contributed by atoms with van der Waals surface area (Å²) in [6, 6.07) is 0. The quantitative estimate of drug-likeness (QED) is 0.734. The minimum Gasteiger partial charge on any atom is -0.481 e. The lowest BCUT2D eigenvalue weighted by Gasteiger charge is -2.37. The summed E-state index contributed by atoms with van der Waals surface area (Å²) >= 11 is 0. The first-order valence-electron chi connectivity index (χ1n) is 4.76. The zero-order valence-corrected chi connectivity index (χ0v) is 8.83. The third kappa shape index (κ3) is 1.73. The van der Waals surface area contributed by atoms with Crippen molar-refractivity contribution in [1.29, 1.82) is 0 Å². The van der Waals surface area contributed by atoms with Gasteiger partial charge in [-0.25, -0.2) is 0 Å². The van der Waals surface area contributed by atoms with Gasteiger partial charge in [0.2, 0.25) is 5.91 Å². The fraction of sp³-hybridized carbons (Fsp3) is 0.818. The van der Waals surface area contributed by atoms with Crippen molar-refractivity contribution in [2.24, 2.45) is 22.5 Å². The maximum absolute atomic E-state index is 11.2. The highest BCUT2D eigenvalue weighted by Gasteiger charge is 2.57. The van der Waals surface area contributed by atoms with Gasteiger partial charge in [0.25, 0.3) is 0 Å². The van der Waals surface area contributed by atoms with Gasteiger partial charge in [-0.2, -0.15) is 0 Å². The van der Waals surface area contributed by atoms with Crippen LogP contribution < -0.4 is 5.73 Å². The predicted octanol–water partition coefficient (Wildman–Crippen LogP) is 1.63. The van der Waals surface area contributed by atoms with Crippen molar-refractivity contribution in [3.8, 4) is 0 Å². The smallest absolute Gasteiger partial charge is 0.309 e. The largest absolute Gasteiger partial charge is 0.481 e. The van der Waals surface area contributed by atoms with Crippen molar-refractivity contribution in [3.05, 3.63) is 0 Å². The summed E-state index contributed by atoms with van der Waals surface area (Å²) in [5.74, 6) is -1.56. The van der Waals surface area contributed by atoms with Crippen LogP contribution in [0.15, 0.2) is 0 Å². The number of nitrogens with two attached hydrogens (primary N) is 1. The average molecular weight is 215 g/mol. The van der Waals surface area contributed by atoms with Crippen LogP contribution in [0.3, 0.4) is 0 Å². The summed E-state index contributed by atoms with van der Waals surface area (Å²) in [5.41, 5.74) is 3.86. The molecule has 1 aliphatic carbocycles. The summed E-state index contributed by atoms with van der Waals surface area (Å²) in [7, 11) is 0. The Labute approximate surface area is 90.8 Å². The Morgan fingerprint density at radius 3 is 2.00 bits per heavy atom. The van der Waals surface area contributed by atoms with E-state index < -0.39 is 16.8 Å². The molecule has 2 atom stereocenters. The van der Waals surface area contributed by atoms with Crippen molar-refractivity contribution in [2.45, 2.75) is 41.0 Å². The second-order valence-corrected chi connectivity index (χ2v) is 4.85. The predicted molar refractivity (Wildman–Crippen MR) is 58.2 cm³/mol. The number of hydrogen-bond acceptors (Lipinski definition) is 2. The average Bonchev–Trinajstić information content (AvgIpc) is 2.24. The van der Waals surface area contributed by atoms with E-state index in [2.05, 4.69) is 0 Å². The Bertz CT molecular complexity index is 286. The SMILES string of the molecule is C.CC1(C)[C@@H](C(N)=O)CC[C@@]1(C)C(=O)O. The minimum atomic E-state index is -0.841. The normalized spacial score (nSPS) is 33.1. The van der Waals surface area contributed by atoms with Gasteiger partial charge in [0.1, 0.15) is 0 Å². The number of hydrogen-bond donors (Lipinski definition) is 2. The minimum absolute atomic E-state index is 0. The van der Waals surface area contributed by atoms with Gasteiger partial charge in [0.05, 0.1) is 5.41 Å². The van der Waals surface area contributed by atoms with E-state index in [0.29, 0.717) is 12.8 Å². The molecular weight excluding hydrogens is 194 g/mol. The van der Waals surface area contributed by atoms with Crippen molar-refractivity contribution < 1.29 is 14.7 Å². The fourth-order valence-corrected chi connectivity index (χ4v) is 2.38. The van der Waals surface area contributed by atoms with E-state index in [-0.39, 0.29) is 19.3 Å². The molecule has 0 aromatic heterocycles. The van der Waals surface area contributed by atoms with Crippen LogP contribution in [0, 0.1) is 16.7 Å². The molecular formula is C11H21NO3. The first-order valence-corrected chi connectivity index (χ1v) is 4.76. The van der Waals surface area contributed by atoms with Gasteiger partial charge < -0.3 is 10.8 Å². The molecule has 0 bridgehead atoms. The van der Waals surface area contributed by atoms with E-state index in [1.54, 1.807) is 6.92 Å². The van der Waals surface area contributed by atoms with E-state index in [1.165, 1.54) is 0 Å². The lowest BCUT2D eigenvalue weighted by atomic mass is 9.65. The zero-order chi connectivity index (χ0) is 11.1. The maximum Gasteiger partial charge on any atom is 0.309 e. The van der Waals surface area contributed by atoms with Crippen molar-refractivity contribution >= 4 is 11.9 Å². The topological polar surface area (TPSA) is 80.4 Å². The van der Waals surface area contributed by atoms with Gasteiger partial charge >= 0.3 is 5.97 Å². The molecule has 0 unspecified atom stereocenters. The summed E-state index contributed by atoms with van der Waals surface area (Å²) in [6.07, 6.45) is 1.09. The molecule has 0 radical (unpaired) electrons. The molecule has 0 spiro atoms. The van der Waals surface area contributed by atoms with Gasteiger partial charge in [-0.3, -0.25) is 9.59 Å². The summed E-state index contributed by atoms with van der Waals surface area (Å²) in [4.78, 5) is 22.3. The molecule has 0 saturated heterocycles. The van der Waals surface area contributed by atoms with E-state index in [4.69, 9.17) is 10.8 Å². The highest BCUT2D eigenvalue weighted by molar-refractivity contribution is 5.82. The molecule has 4 nitrogen and oxygen atoms in total. The van der Waals surface area contributed by atoms with E-state index in [9.17, 15) is 9.59 Å². The summed E-state index contributed by atoms with van der Waals surface area (Å²) in [6.45, 7) is 5.31. The van der Waals surface area contributed by atoms with Crippen LogP contribution in [0.1, 0.15) is 41.0 Å². The molecule has 0 aromatic carbocycles. The van der Waals surface area contributed by atoms with Crippen LogP contribution in [0.2, 0.25) is 0 Å². The molecule has 0 heterocycles. The molecule has 0 aliphatic heterocycles. The lowest BCUT2D eigenvalue weighted by Crippen LogP contribution is -2.44. The number of amides is 1. The molecule has 1 saturated carbocycles. The molecule has 15 heavy (non-hydrogen) atoms. The second kappa shape index (κ2) is 3.83. The van der Waals surface area contributed by atoms with Crippen LogP contribution >= 0.6 is 0 Å². The van der Waals surface area contributed by atoms with E-state index >= 15 is 0 Å². The molecule has 88 valence electrons. The second-order valence-electron chi connectivity index (χ2n) is 4.85. The molecule has 1 aliphatic rings. The number of carbonyl (C=O) groups is 2. The van der Waals surface area contributed by atoms with Gasteiger partial charge in [0.15, 0.2) is 0 Å². The fourth-order valence-electron chi connectivity index (χ4n) is 2.38. The number of aliphatic carboxylic acids is 1. The van der Waals surface area contributed by atoms with Crippen LogP contribution in [0.5, 0.6) is 0 Å². The highest BCUT2D eigenvalue weighted by Crippen LogP contribution is 2.55. The molecule has 1 fully saturated rings. The van der Waals surface area contributed by atoms with Crippen LogP contribution in [-0.2, 0) is 9.59 Å². The van der Waals surface area contributed by atoms with Gasteiger partial charge in [-0.15, -0.1) is 0 Å². The Balaban J connectivity index is 0.00000196. The molecule has 4 heteroatoms. The Kier molecular flexibility index (Phi) is 3.56. The van der Waals surface area contributed by atoms with Crippen molar-refractivity contribution in [2.75, 3.05) is 0 Å². The van der Waals surface area contributed by atoms with Gasteiger partial charge in [0, 0.05) is 5.92 Å². The number of rotatable bonds is 2. The lowest BCUT2D eigenvalue weighted by molar-refractivity contribution is -0.155. The van der Waals surface area contributed by atoms with Crippen LogP contribution in [0.25, 0.3) is 0 Å².